The number of aliphatic imine (C=N–C) groups is 1. The SMILES string of the molecule is COC(=O)C1=C(CBr)NC(c2ncoc2C)=NC1c1cccc(F)c1C. The van der Waals surface area contributed by atoms with Gasteiger partial charge in [0.2, 0.25) is 0 Å². The molecule has 0 saturated heterocycles. The standard InChI is InChI=1S/C18H17BrFN3O3/c1-9-11(5-4-6-12(9)20)16-14(18(24)25-3)13(7-19)22-17(23-16)15-10(2)26-8-21-15/h4-6,8,16H,7H2,1-3H3,(H,22,23). The van der Waals surface area contributed by atoms with Gasteiger partial charge in [0.25, 0.3) is 0 Å². The Bertz CT molecular complexity index is 920. The third-order valence-electron chi connectivity index (χ3n) is 4.24. The van der Waals surface area contributed by atoms with Gasteiger partial charge >= 0.3 is 5.97 Å². The van der Waals surface area contributed by atoms with Crippen LogP contribution in [0.15, 0.2) is 45.3 Å². The quantitative estimate of drug-likeness (QED) is 0.604. The molecule has 0 amide bonds. The number of methoxy groups -OCH3 is 1. The van der Waals surface area contributed by atoms with Crippen molar-refractivity contribution in [1.29, 1.82) is 0 Å². The second-order valence-electron chi connectivity index (χ2n) is 5.73. The molecule has 1 aromatic carbocycles. The number of esters is 1. The molecule has 2 heterocycles. The van der Waals surface area contributed by atoms with Crippen molar-refractivity contribution in [2.75, 3.05) is 12.4 Å². The van der Waals surface area contributed by atoms with Crippen LogP contribution in [0.2, 0.25) is 0 Å². The molecule has 2 aromatic rings. The van der Waals surface area contributed by atoms with E-state index in [2.05, 4.69) is 31.2 Å². The van der Waals surface area contributed by atoms with Crippen LogP contribution in [0.4, 0.5) is 4.39 Å². The van der Waals surface area contributed by atoms with Gasteiger partial charge in [0, 0.05) is 11.0 Å². The largest absolute Gasteiger partial charge is 0.466 e. The first kappa shape index (κ1) is 18.3. The van der Waals surface area contributed by atoms with Crippen molar-refractivity contribution in [3.63, 3.8) is 0 Å². The number of ether oxygens (including phenoxy) is 1. The van der Waals surface area contributed by atoms with Crippen LogP contribution in [0.25, 0.3) is 0 Å². The van der Waals surface area contributed by atoms with Crippen LogP contribution in [-0.2, 0) is 9.53 Å². The third kappa shape index (κ3) is 3.16. The monoisotopic (exact) mass is 421 g/mol. The summed E-state index contributed by atoms with van der Waals surface area (Å²) >= 11 is 3.39. The summed E-state index contributed by atoms with van der Waals surface area (Å²) in [5.74, 6) is 0.147. The van der Waals surface area contributed by atoms with Gasteiger partial charge in [-0.05, 0) is 31.0 Å². The number of hydrogen-bond acceptors (Lipinski definition) is 6. The summed E-state index contributed by atoms with van der Waals surface area (Å²) in [6.07, 6.45) is 1.32. The minimum atomic E-state index is -0.724. The molecule has 0 bridgehead atoms. The van der Waals surface area contributed by atoms with Gasteiger partial charge < -0.3 is 14.5 Å². The van der Waals surface area contributed by atoms with Gasteiger partial charge in [0.05, 0.1) is 12.7 Å². The summed E-state index contributed by atoms with van der Waals surface area (Å²) in [5, 5.41) is 3.47. The molecule has 0 saturated carbocycles. The zero-order valence-corrected chi connectivity index (χ0v) is 16.1. The fourth-order valence-corrected chi connectivity index (χ4v) is 3.29. The van der Waals surface area contributed by atoms with E-state index in [1.807, 2.05) is 0 Å². The molecule has 1 aliphatic rings. The number of hydrogen-bond donors (Lipinski definition) is 1. The van der Waals surface area contributed by atoms with Crippen LogP contribution in [0.5, 0.6) is 0 Å². The number of nitrogens with zero attached hydrogens (tertiary/aromatic N) is 2. The van der Waals surface area contributed by atoms with E-state index < -0.39 is 12.0 Å². The Hall–Kier alpha value is -2.48. The second kappa shape index (κ2) is 7.41. The molecular weight excluding hydrogens is 405 g/mol. The molecule has 0 radical (unpaired) electrons. The summed E-state index contributed by atoms with van der Waals surface area (Å²) in [4.78, 5) is 21.3. The molecule has 3 rings (SSSR count). The van der Waals surface area contributed by atoms with Crippen molar-refractivity contribution in [3.8, 4) is 0 Å². The van der Waals surface area contributed by atoms with Crippen LogP contribution >= 0.6 is 15.9 Å². The topological polar surface area (TPSA) is 76.7 Å². The number of aromatic nitrogens is 1. The third-order valence-corrected chi connectivity index (χ3v) is 4.80. The maximum absolute atomic E-state index is 14.1. The summed E-state index contributed by atoms with van der Waals surface area (Å²) in [6, 6.07) is 4.00. The van der Waals surface area contributed by atoms with Crippen LogP contribution < -0.4 is 5.32 Å². The van der Waals surface area contributed by atoms with Crippen LogP contribution in [0.1, 0.15) is 28.6 Å². The zero-order valence-electron chi connectivity index (χ0n) is 14.5. The predicted octanol–water partition coefficient (Wildman–Crippen LogP) is 3.34. The number of allylic oxidation sites excluding steroid dienone is 1. The van der Waals surface area contributed by atoms with Gasteiger partial charge in [-0.1, -0.05) is 28.1 Å². The molecular formula is C18H17BrFN3O3. The first-order chi connectivity index (χ1) is 12.5. The van der Waals surface area contributed by atoms with Crippen molar-refractivity contribution < 1.29 is 18.3 Å². The maximum atomic E-state index is 14.1. The molecule has 1 aliphatic heterocycles. The van der Waals surface area contributed by atoms with Crippen LogP contribution in [0, 0.1) is 19.7 Å². The molecule has 0 fully saturated rings. The van der Waals surface area contributed by atoms with E-state index in [1.165, 1.54) is 19.6 Å². The average Bonchev–Trinajstić information content (AvgIpc) is 3.08. The Morgan fingerprint density at radius 3 is 2.81 bits per heavy atom. The van der Waals surface area contributed by atoms with Crippen LogP contribution in [0.3, 0.4) is 0 Å². The number of oxazole rings is 1. The lowest BCUT2D eigenvalue weighted by atomic mass is 9.92. The van der Waals surface area contributed by atoms with Gasteiger partial charge in [-0.2, -0.15) is 0 Å². The smallest absolute Gasteiger partial charge is 0.338 e. The van der Waals surface area contributed by atoms with Gasteiger partial charge in [0.15, 0.2) is 12.2 Å². The van der Waals surface area contributed by atoms with Crippen LogP contribution in [-0.4, -0.2) is 29.2 Å². The highest BCUT2D eigenvalue weighted by molar-refractivity contribution is 9.09. The highest BCUT2D eigenvalue weighted by atomic mass is 79.9. The molecule has 26 heavy (non-hydrogen) atoms. The second-order valence-corrected chi connectivity index (χ2v) is 6.29. The van der Waals surface area contributed by atoms with Gasteiger partial charge in [-0.25, -0.2) is 14.2 Å². The predicted molar refractivity (Wildman–Crippen MR) is 97.6 cm³/mol. The van der Waals surface area contributed by atoms with Gasteiger partial charge in [-0.15, -0.1) is 0 Å². The summed E-state index contributed by atoms with van der Waals surface area (Å²) in [6.45, 7) is 3.42. The molecule has 8 heteroatoms. The lowest BCUT2D eigenvalue weighted by molar-refractivity contribution is -0.136. The molecule has 1 aromatic heterocycles. The van der Waals surface area contributed by atoms with E-state index >= 15 is 0 Å². The number of benzene rings is 1. The Labute approximate surface area is 158 Å². The molecule has 1 atom stereocenters. The fourth-order valence-electron chi connectivity index (χ4n) is 2.85. The van der Waals surface area contributed by atoms with Gasteiger partial charge in [0.1, 0.15) is 23.3 Å². The molecule has 0 spiro atoms. The highest BCUT2D eigenvalue weighted by Crippen LogP contribution is 2.35. The number of halogens is 2. The Kier molecular flexibility index (Phi) is 5.22. The zero-order chi connectivity index (χ0) is 18.8. The minimum absolute atomic E-state index is 0.322. The van der Waals surface area contributed by atoms with Crippen molar-refractivity contribution in [2.45, 2.75) is 19.9 Å². The summed E-state index contributed by atoms with van der Waals surface area (Å²) in [5.41, 5.74) is 2.45. The molecule has 136 valence electrons. The van der Waals surface area contributed by atoms with E-state index in [1.54, 1.807) is 26.0 Å². The number of carbonyl (C=O) groups is 1. The lowest BCUT2D eigenvalue weighted by Crippen LogP contribution is -2.35. The van der Waals surface area contributed by atoms with E-state index in [0.29, 0.717) is 45.0 Å². The maximum Gasteiger partial charge on any atom is 0.338 e. The van der Waals surface area contributed by atoms with Gasteiger partial charge in [-0.3, -0.25) is 4.99 Å². The van der Waals surface area contributed by atoms with E-state index in [9.17, 15) is 9.18 Å². The number of aryl methyl sites for hydroxylation is 1. The molecule has 0 aliphatic carbocycles. The number of amidine groups is 1. The van der Waals surface area contributed by atoms with Crippen molar-refractivity contribution in [3.05, 3.63) is 64.3 Å². The van der Waals surface area contributed by atoms with E-state index in [4.69, 9.17) is 9.15 Å². The molecule has 1 N–H and O–H groups in total. The summed E-state index contributed by atoms with van der Waals surface area (Å²) < 4.78 is 24.3. The number of nitrogens with one attached hydrogen (secondary N) is 1. The van der Waals surface area contributed by atoms with E-state index in [0.717, 1.165) is 0 Å². The summed E-state index contributed by atoms with van der Waals surface area (Å²) in [7, 11) is 1.30. The molecule has 1 unspecified atom stereocenters. The lowest BCUT2D eigenvalue weighted by Gasteiger charge is -2.27. The first-order valence-corrected chi connectivity index (χ1v) is 8.97. The molecule has 6 nitrogen and oxygen atoms in total. The Morgan fingerprint density at radius 1 is 1.42 bits per heavy atom. The number of carbonyl (C=O) groups excluding carboxylic acids is 1. The highest BCUT2D eigenvalue weighted by Gasteiger charge is 2.33. The minimum Gasteiger partial charge on any atom is -0.466 e. The number of alkyl halides is 1. The first-order valence-electron chi connectivity index (χ1n) is 7.85. The van der Waals surface area contributed by atoms with Crippen molar-refractivity contribution >= 4 is 27.7 Å². The van der Waals surface area contributed by atoms with E-state index in [-0.39, 0.29) is 5.82 Å². The Balaban J connectivity index is 2.21. The Morgan fingerprint density at radius 2 is 2.19 bits per heavy atom. The van der Waals surface area contributed by atoms with Crippen molar-refractivity contribution in [1.82, 2.24) is 10.3 Å². The normalized spacial score (nSPS) is 17.0. The number of rotatable bonds is 4. The fraction of sp³-hybridized carbons (Fsp3) is 0.278. The van der Waals surface area contributed by atoms with Crippen molar-refractivity contribution in [2.24, 2.45) is 4.99 Å². The average molecular weight is 422 g/mol.